The van der Waals surface area contributed by atoms with Gasteiger partial charge < -0.3 is 10.6 Å². The van der Waals surface area contributed by atoms with E-state index in [-0.39, 0.29) is 0 Å². The smallest absolute Gasteiger partial charge is 0.370 e. The summed E-state index contributed by atoms with van der Waals surface area (Å²) in [6.45, 7) is 6.93. The molecule has 0 saturated heterocycles. The fourth-order valence-corrected chi connectivity index (χ4v) is 2.08. The van der Waals surface area contributed by atoms with Crippen molar-refractivity contribution in [1.82, 2.24) is 9.97 Å². The predicted octanol–water partition coefficient (Wildman–Crippen LogP) is 5.01. The Kier molecular flexibility index (Phi) is 5.64. The lowest BCUT2D eigenvalue weighted by atomic mass is 10.1. The fraction of sp³-hybridized carbons (Fsp3) is 0.412. The molecule has 7 heteroatoms. The summed E-state index contributed by atoms with van der Waals surface area (Å²) in [7, 11) is 0. The van der Waals surface area contributed by atoms with E-state index in [9.17, 15) is 13.2 Å². The molecule has 0 fully saturated rings. The second-order valence-electron chi connectivity index (χ2n) is 6.03. The average molecular weight is 338 g/mol. The molecule has 0 unspecified atom stereocenters. The lowest BCUT2D eigenvalue weighted by molar-refractivity contribution is -0.137. The second-order valence-corrected chi connectivity index (χ2v) is 6.03. The highest BCUT2D eigenvalue weighted by Crippen LogP contribution is 2.30. The number of anilines is 3. The number of benzene rings is 1. The molecule has 2 aromatic rings. The standard InChI is InChI=1S/C17H21F3N4/c1-11(2)8-9-21-15-10-12(3)22-16(24-15)23-14-6-4-13(5-7-14)17(18,19)20/h4-7,10-11H,8-9H2,1-3H3,(H2,21,22,23,24). The van der Waals surface area contributed by atoms with Gasteiger partial charge in [-0.25, -0.2) is 4.98 Å². The number of hydrogen-bond acceptors (Lipinski definition) is 4. The molecule has 1 aromatic heterocycles. The summed E-state index contributed by atoms with van der Waals surface area (Å²) in [6, 6.07) is 6.61. The third kappa shape index (κ3) is 5.40. The van der Waals surface area contributed by atoms with Crippen LogP contribution in [-0.2, 0) is 6.18 Å². The minimum atomic E-state index is -4.34. The Hall–Kier alpha value is -2.31. The van der Waals surface area contributed by atoms with Gasteiger partial charge in [0.05, 0.1) is 5.56 Å². The maximum Gasteiger partial charge on any atom is 0.416 e. The number of rotatable bonds is 6. The van der Waals surface area contributed by atoms with Crippen molar-refractivity contribution in [3.8, 4) is 0 Å². The Morgan fingerprint density at radius 2 is 1.75 bits per heavy atom. The summed E-state index contributed by atoms with van der Waals surface area (Å²) in [5, 5.41) is 6.17. The average Bonchev–Trinajstić information content (AvgIpc) is 2.46. The normalized spacial score (nSPS) is 11.6. The van der Waals surface area contributed by atoms with Gasteiger partial charge in [0.1, 0.15) is 5.82 Å². The molecule has 0 aliphatic heterocycles. The van der Waals surface area contributed by atoms with Gasteiger partial charge in [0.25, 0.3) is 0 Å². The number of aromatic nitrogens is 2. The molecule has 0 radical (unpaired) electrons. The molecule has 1 aromatic carbocycles. The Labute approximate surface area is 139 Å². The van der Waals surface area contributed by atoms with Crippen LogP contribution in [0.15, 0.2) is 30.3 Å². The second kappa shape index (κ2) is 7.51. The summed E-state index contributed by atoms with van der Waals surface area (Å²) in [5.74, 6) is 1.63. The molecule has 2 rings (SSSR count). The van der Waals surface area contributed by atoms with Gasteiger partial charge in [0, 0.05) is 24.0 Å². The van der Waals surface area contributed by atoms with E-state index >= 15 is 0 Å². The quantitative estimate of drug-likeness (QED) is 0.778. The van der Waals surface area contributed by atoms with E-state index < -0.39 is 11.7 Å². The van der Waals surface area contributed by atoms with E-state index in [1.807, 2.05) is 13.0 Å². The number of nitrogens with one attached hydrogen (secondary N) is 2. The molecule has 130 valence electrons. The first-order valence-electron chi connectivity index (χ1n) is 7.78. The number of nitrogens with zero attached hydrogens (tertiary/aromatic N) is 2. The number of halogens is 3. The third-order valence-electron chi connectivity index (χ3n) is 3.35. The van der Waals surface area contributed by atoms with Gasteiger partial charge in [-0.3, -0.25) is 0 Å². The minimum Gasteiger partial charge on any atom is -0.370 e. The van der Waals surface area contributed by atoms with Crippen molar-refractivity contribution in [2.45, 2.75) is 33.4 Å². The molecule has 0 amide bonds. The van der Waals surface area contributed by atoms with Gasteiger partial charge >= 0.3 is 6.18 Å². The highest BCUT2D eigenvalue weighted by Gasteiger charge is 2.29. The van der Waals surface area contributed by atoms with E-state index in [0.29, 0.717) is 23.4 Å². The van der Waals surface area contributed by atoms with Gasteiger partial charge in [-0.15, -0.1) is 0 Å². The summed E-state index contributed by atoms with van der Waals surface area (Å²) in [4.78, 5) is 8.60. The number of aryl methyl sites for hydroxylation is 1. The van der Waals surface area contributed by atoms with Crippen LogP contribution in [0.2, 0.25) is 0 Å². The van der Waals surface area contributed by atoms with Gasteiger partial charge in [0.15, 0.2) is 0 Å². The van der Waals surface area contributed by atoms with Crippen molar-refractivity contribution in [3.05, 3.63) is 41.6 Å². The molecule has 24 heavy (non-hydrogen) atoms. The maximum absolute atomic E-state index is 12.6. The Bertz CT molecular complexity index is 667. The molecule has 0 spiro atoms. The Balaban J connectivity index is 2.07. The van der Waals surface area contributed by atoms with Crippen molar-refractivity contribution in [1.29, 1.82) is 0 Å². The summed E-state index contributed by atoms with van der Waals surface area (Å²) in [5.41, 5.74) is 0.586. The van der Waals surface area contributed by atoms with E-state index in [0.717, 1.165) is 30.8 Å². The van der Waals surface area contributed by atoms with Gasteiger partial charge in [-0.05, 0) is 43.5 Å². The summed E-state index contributed by atoms with van der Waals surface area (Å²) in [6.07, 6.45) is -3.32. The summed E-state index contributed by atoms with van der Waals surface area (Å²) >= 11 is 0. The predicted molar refractivity (Wildman–Crippen MR) is 89.4 cm³/mol. The van der Waals surface area contributed by atoms with Crippen LogP contribution >= 0.6 is 0 Å². The molecule has 0 bridgehead atoms. The fourth-order valence-electron chi connectivity index (χ4n) is 2.08. The first-order valence-corrected chi connectivity index (χ1v) is 7.78. The monoisotopic (exact) mass is 338 g/mol. The zero-order valence-corrected chi connectivity index (χ0v) is 13.9. The van der Waals surface area contributed by atoms with Crippen molar-refractivity contribution < 1.29 is 13.2 Å². The Morgan fingerprint density at radius 1 is 1.08 bits per heavy atom. The van der Waals surface area contributed by atoms with E-state index in [1.54, 1.807) is 0 Å². The molecular formula is C17H21F3N4. The molecule has 0 aliphatic rings. The largest absolute Gasteiger partial charge is 0.416 e. The molecule has 4 nitrogen and oxygen atoms in total. The zero-order valence-electron chi connectivity index (χ0n) is 13.9. The van der Waals surface area contributed by atoms with Crippen LogP contribution in [0.5, 0.6) is 0 Å². The van der Waals surface area contributed by atoms with E-state index in [4.69, 9.17) is 0 Å². The topological polar surface area (TPSA) is 49.8 Å². The lowest BCUT2D eigenvalue weighted by Gasteiger charge is -2.11. The van der Waals surface area contributed by atoms with Crippen LogP contribution in [0.4, 0.5) is 30.6 Å². The van der Waals surface area contributed by atoms with Crippen LogP contribution < -0.4 is 10.6 Å². The van der Waals surface area contributed by atoms with E-state index in [1.165, 1.54) is 12.1 Å². The number of hydrogen-bond donors (Lipinski definition) is 2. The van der Waals surface area contributed by atoms with Crippen LogP contribution in [0.1, 0.15) is 31.5 Å². The van der Waals surface area contributed by atoms with Crippen molar-refractivity contribution >= 4 is 17.5 Å². The number of alkyl halides is 3. The SMILES string of the molecule is Cc1cc(NCCC(C)C)nc(Nc2ccc(C(F)(F)F)cc2)n1. The first-order chi connectivity index (χ1) is 11.2. The van der Waals surface area contributed by atoms with Crippen molar-refractivity contribution in [2.75, 3.05) is 17.2 Å². The van der Waals surface area contributed by atoms with Crippen LogP contribution in [0.25, 0.3) is 0 Å². The highest BCUT2D eigenvalue weighted by molar-refractivity contribution is 5.55. The molecular weight excluding hydrogens is 317 g/mol. The molecule has 2 N–H and O–H groups in total. The van der Waals surface area contributed by atoms with Gasteiger partial charge in [-0.1, -0.05) is 13.8 Å². The highest BCUT2D eigenvalue weighted by atomic mass is 19.4. The summed E-state index contributed by atoms with van der Waals surface area (Å²) < 4.78 is 37.7. The lowest BCUT2D eigenvalue weighted by Crippen LogP contribution is -2.08. The molecule has 0 saturated carbocycles. The molecule has 0 atom stereocenters. The molecule has 0 aliphatic carbocycles. The minimum absolute atomic E-state index is 0.349. The van der Waals surface area contributed by atoms with Crippen molar-refractivity contribution in [3.63, 3.8) is 0 Å². The van der Waals surface area contributed by atoms with Crippen LogP contribution in [0, 0.1) is 12.8 Å². The maximum atomic E-state index is 12.6. The van der Waals surface area contributed by atoms with Crippen LogP contribution in [-0.4, -0.2) is 16.5 Å². The van der Waals surface area contributed by atoms with Gasteiger partial charge in [0.2, 0.25) is 5.95 Å². The van der Waals surface area contributed by atoms with Gasteiger partial charge in [-0.2, -0.15) is 18.2 Å². The zero-order chi connectivity index (χ0) is 17.7. The third-order valence-corrected chi connectivity index (χ3v) is 3.35. The Morgan fingerprint density at radius 3 is 2.33 bits per heavy atom. The molecule has 1 heterocycles. The van der Waals surface area contributed by atoms with E-state index in [2.05, 4.69) is 34.4 Å². The van der Waals surface area contributed by atoms with Crippen molar-refractivity contribution in [2.24, 2.45) is 5.92 Å². The first kappa shape index (κ1) is 18.0. The van der Waals surface area contributed by atoms with Crippen LogP contribution in [0.3, 0.4) is 0 Å².